The molecule has 0 aliphatic heterocycles. The number of esters is 1. The summed E-state index contributed by atoms with van der Waals surface area (Å²) in [6.45, 7) is 4.30. The van der Waals surface area contributed by atoms with Crippen molar-refractivity contribution in [3.8, 4) is 11.5 Å². The van der Waals surface area contributed by atoms with Gasteiger partial charge in [-0.3, -0.25) is 4.79 Å². The van der Waals surface area contributed by atoms with E-state index in [1.807, 2.05) is 36.4 Å². The van der Waals surface area contributed by atoms with Gasteiger partial charge in [0.15, 0.2) is 21.9 Å². The van der Waals surface area contributed by atoms with E-state index in [0.717, 1.165) is 0 Å². The topological polar surface area (TPSA) is 87.0 Å². The molecule has 0 saturated carbocycles. The van der Waals surface area contributed by atoms with Crippen LogP contribution in [-0.2, 0) is 14.3 Å². The van der Waals surface area contributed by atoms with Crippen LogP contribution in [0.5, 0.6) is 11.5 Å². The largest absolute Gasteiger partial charge is 0.490 e. The van der Waals surface area contributed by atoms with Gasteiger partial charge < -0.3 is 23.9 Å². The fourth-order valence-electron chi connectivity index (χ4n) is 2.08. The number of carbonyl (C=O) groups is 2. The summed E-state index contributed by atoms with van der Waals surface area (Å²) >= 11 is 2.02. The van der Waals surface area contributed by atoms with Gasteiger partial charge in [0, 0.05) is 17.8 Å². The van der Waals surface area contributed by atoms with Crippen molar-refractivity contribution in [2.75, 3.05) is 25.1 Å². The number of amides is 1. The van der Waals surface area contributed by atoms with Gasteiger partial charge >= 0.3 is 5.97 Å². The van der Waals surface area contributed by atoms with E-state index >= 15 is 0 Å². The average Bonchev–Trinajstić information content (AvgIpc) is 3.06. The van der Waals surface area contributed by atoms with Crippen molar-refractivity contribution in [1.82, 2.24) is 0 Å². The molecule has 1 heterocycles. The minimum absolute atomic E-state index is 0.407. The monoisotopic (exact) mass is 485 g/mol. The van der Waals surface area contributed by atoms with Gasteiger partial charge in [-0.15, -0.1) is 0 Å². The standard InChI is InChI=1S/C19H20INO6/c1-3-24-15-8-5-13(11-16(15)25-4-2)21-18(22)12-26-19(23)10-7-14-6-9-17(20)27-14/h5-11H,3-4,12H2,1-2H3,(H,21,22)/b10-7+. The van der Waals surface area contributed by atoms with Gasteiger partial charge in [0.25, 0.3) is 5.91 Å². The molecule has 7 nitrogen and oxygen atoms in total. The van der Waals surface area contributed by atoms with E-state index in [1.165, 1.54) is 12.2 Å². The number of halogens is 1. The molecular formula is C19H20INO6. The summed E-state index contributed by atoms with van der Waals surface area (Å²) in [7, 11) is 0. The lowest BCUT2D eigenvalue weighted by atomic mass is 10.2. The third kappa shape index (κ3) is 6.97. The third-order valence-corrected chi connectivity index (χ3v) is 3.73. The van der Waals surface area contributed by atoms with Crippen LogP contribution in [-0.4, -0.2) is 31.7 Å². The highest BCUT2D eigenvalue weighted by Gasteiger charge is 2.10. The summed E-state index contributed by atoms with van der Waals surface area (Å²) < 4.78 is 21.9. The van der Waals surface area contributed by atoms with Crippen LogP contribution in [0.3, 0.4) is 0 Å². The Hall–Kier alpha value is -2.49. The van der Waals surface area contributed by atoms with E-state index in [0.29, 0.717) is 39.9 Å². The highest BCUT2D eigenvalue weighted by molar-refractivity contribution is 14.1. The van der Waals surface area contributed by atoms with Gasteiger partial charge in [-0.1, -0.05) is 0 Å². The fraction of sp³-hybridized carbons (Fsp3) is 0.263. The molecule has 144 valence electrons. The lowest BCUT2D eigenvalue weighted by molar-refractivity contribution is -0.142. The number of hydrogen-bond donors (Lipinski definition) is 1. The SMILES string of the molecule is CCOc1ccc(NC(=O)COC(=O)/C=C/c2ccc(I)o2)cc1OCC. The van der Waals surface area contributed by atoms with E-state index in [9.17, 15) is 9.59 Å². The summed E-state index contributed by atoms with van der Waals surface area (Å²) in [4.78, 5) is 23.6. The van der Waals surface area contributed by atoms with Crippen molar-refractivity contribution >= 4 is 46.2 Å². The van der Waals surface area contributed by atoms with Crippen molar-refractivity contribution in [1.29, 1.82) is 0 Å². The van der Waals surface area contributed by atoms with Crippen LogP contribution in [0, 0.1) is 3.77 Å². The minimum atomic E-state index is -0.641. The van der Waals surface area contributed by atoms with E-state index < -0.39 is 18.5 Å². The second-order valence-electron chi connectivity index (χ2n) is 5.16. The molecule has 1 N–H and O–H groups in total. The minimum Gasteiger partial charge on any atom is -0.490 e. The van der Waals surface area contributed by atoms with Gasteiger partial charge in [0.2, 0.25) is 0 Å². The summed E-state index contributed by atoms with van der Waals surface area (Å²) in [5.41, 5.74) is 0.517. The molecule has 0 radical (unpaired) electrons. The van der Waals surface area contributed by atoms with Gasteiger partial charge in [0.1, 0.15) is 5.76 Å². The number of ether oxygens (including phenoxy) is 3. The number of anilines is 1. The van der Waals surface area contributed by atoms with Crippen LogP contribution in [0.4, 0.5) is 5.69 Å². The molecule has 0 unspecified atom stereocenters. The molecule has 0 aliphatic carbocycles. The Bertz CT molecular complexity index is 814. The van der Waals surface area contributed by atoms with E-state index in [4.69, 9.17) is 18.6 Å². The molecule has 0 bridgehead atoms. The lowest BCUT2D eigenvalue weighted by Gasteiger charge is -2.13. The summed E-state index contributed by atoms with van der Waals surface area (Å²) in [6, 6.07) is 8.55. The first-order chi connectivity index (χ1) is 13.0. The molecule has 0 spiro atoms. The molecule has 2 rings (SSSR count). The van der Waals surface area contributed by atoms with Crippen molar-refractivity contribution < 1.29 is 28.2 Å². The maximum absolute atomic E-state index is 12.0. The van der Waals surface area contributed by atoms with E-state index in [2.05, 4.69) is 5.32 Å². The number of carbonyl (C=O) groups excluding carboxylic acids is 2. The normalized spacial score (nSPS) is 10.6. The zero-order chi connectivity index (χ0) is 19.6. The zero-order valence-corrected chi connectivity index (χ0v) is 17.1. The smallest absolute Gasteiger partial charge is 0.331 e. The molecular weight excluding hydrogens is 465 g/mol. The van der Waals surface area contributed by atoms with Crippen LogP contribution in [0.25, 0.3) is 6.08 Å². The molecule has 0 aliphatic rings. The van der Waals surface area contributed by atoms with Crippen molar-refractivity contribution in [3.05, 3.63) is 45.9 Å². The molecule has 0 atom stereocenters. The Morgan fingerprint density at radius 1 is 1.11 bits per heavy atom. The van der Waals surface area contributed by atoms with Crippen LogP contribution >= 0.6 is 22.6 Å². The summed E-state index contributed by atoms with van der Waals surface area (Å²) in [6.07, 6.45) is 2.68. The van der Waals surface area contributed by atoms with Gasteiger partial charge in [0.05, 0.1) is 13.2 Å². The predicted molar refractivity (Wildman–Crippen MR) is 109 cm³/mol. The highest BCUT2D eigenvalue weighted by atomic mass is 127. The molecule has 0 saturated heterocycles. The summed E-state index contributed by atoms with van der Waals surface area (Å²) in [5.74, 6) is 0.555. The van der Waals surface area contributed by atoms with Crippen molar-refractivity contribution in [2.24, 2.45) is 0 Å². The highest BCUT2D eigenvalue weighted by Crippen LogP contribution is 2.30. The number of benzene rings is 1. The first kappa shape index (κ1) is 20.8. The van der Waals surface area contributed by atoms with Crippen LogP contribution in [0.2, 0.25) is 0 Å². The average molecular weight is 485 g/mol. The van der Waals surface area contributed by atoms with Gasteiger partial charge in [-0.25, -0.2) is 4.79 Å². The third-order valence-electron chi connectivity index (χ3n) is 3.15. The first-order valence-electron chi connectivity index (χ1n) is 8.31. The Balaban J connectivity index is 1.86. The Kier molecular flexibility index (Phi) is 8.18. The molecule has 27 heavy (non-hydrogen) atoms. The van der Waals surface area contributed by atoms with E-state index in [1.54, 1.807) is 30.3 Å². The summed E-state index contributed by atoms with van der Waals surface area (Å²) in [5, 5.41) is 2.65. The Morgan fingerprint density at radius 3 is 2.52 bits per heavy atom. The molecule has 2 aromatic rings. The lowest BCUT2D eigenvalue weighted by Crippen LogP contribution is -2.20. The zero-order valence-electron chi connectivity index (χ0n) is 15.0. The number of hydrogen-bond acceptors (Lipinski definition) is 6. The Morgan fingerprint density at radius 2 is 1.85 bits per heavy atom. The number of furan rings is 1. The van der Waals surface area contributed by atoms with Gasteiger partial charge in [-0.05, 0) is 66.8 Å². The number of rotatable bonds is 9. The molecule has 1 aromatic carbocycles. The first-order valence-corrected chi connectivity index (χ1v) is 9.39. The van der Waals surface area contributed by atoms with E-state index in [-0.39, 0.29) is 0 Å². The maximum Gasteiger partial charge on any atom is 0.331 e. The van der Waals surface area contributed by atoms with Crippen molar-refractivity contribution in [2.45, 2.75) is 13.8 Å². The quantitative estimate of drug-likeness (QED) is 0.330. The molecule has 1 aromatic heterocycles. The van der Waals surface area contributed by atoms with Crippen LogP contribution in [0.1, 0.15) is 19.6 Å². The predicted octanol–water partition coefficient (Wildman–Crippen LogP) is 3.88. The Labute approximate surface area is 170 Å². The van der Waals surface area contributed by atoms with Crippen LogP contribution < -0.4 is 14.8 Å². The fourth-order valence-corrected chi connectivity index (χ4v) is 2.51. The van der Waals surface area contributed by atoms with Crippen LogP contribution in [0.15, 0.2) is 40.8 Å². The second-order valence-corrected chi connectivity index (χ2v) is 6.22. The van der Waals surface area contributed by atoms with Crippen molar-refractivity contribution in [3.63, 3.8) is 0 Å². The molecule has 1 amide bonds. The van der Waals surface area contributed by atoms with Gasteiger partial charge in [-0.2, -0.15) is 0 Å². The number of nitrogens with one attached hydrogen (secondary N) is 1. The second kappa shape index (κ2) is 10.6. The maximum atomic E-state index is 12.0. The molecule has 0 fully saturated rings. The molecule has 8 heteroatoms.